The molecule has 108 valence electrons. The van der Waals surface area contributed by atoms with E-state index in [9.17, 15) is 10.1 Å². The number of nitro groups is 1. The van der Waals surface area contributed by atoms with E-state index in [4.69, 9.17) is 5.73 Å². The molecular formula is C16H17N3O2. The normalized spacial score (nSPS) is 17.0. The summed E-state index contributed by atoms with van der Waals surface area (Å²) in [7, 11) is 0. The van der Waals surface area contributed by atoms with Gasteiger partial charge in [-0.05, 0) is 36.5 Å². The molecule has 1 aliphatic rings. The Hall–Kier alpha value is -2.56. The summed E-state index contributed by atoms with van der Waals surface area (Å²) in [5.41, 5.74) is 9.62. The van der Waals surface area contributed by atoms with E-state index in [0.717, 1.165) is 19.3 Å². The maximum Gasteiger partial charge on any atom is 0.273 e. The zero-order valence-electron chi connectivity index (χ0n) is 11.6. The van der Waals surface area contributed by atoms with Gasteiger partial charge < -0.3 is 11.1 Å². The molecule has 0 aromatic heterocycles. The van der Waals surface area contributed by atoms with Crippen LogP contribution in [0, 0.1) is 10.1 Å². The third-order valence-electron chi connectivity index (χ3n) is 3.87. The number of benzene rings is 2. The minimum Gasteiger partial charge on any atom is -0.398 e. The van der Waals surface area contributed by atoms with E-state index < -0.39 is 4.92 Å². The first-order valence-corrected chi connectivity index (χ1v) is 7.00. The number of nitrogens with zero attached hydrogens (tertiary/aromatic N) is 1. The van der Waals surface area contributed by atoms with Crippen molar-refractivity contribution in [3.8, 4) is 0 Å². The molecule has 5 heteroatoms. The molecule has 2 aromatic carbocycles. The van der Waals surface area contributed by atoms with Crippen LogP contribution < -0.4 is 11.1 Å². The van der Waals surface area contributed by atoms with Gasteiger partial charge in [0.2, 0.25) is 0 Å². The van der Waals surface area contributed by atoms with Crippen LogP contribution in [0.15, 0.2) is 42.5 Å². The number of rotatable bonds is 3. The molecule has 0 heterocycles. The number of nitrogen functional groups attached to an aromatic ring is 1. The molecule has 21 heavy (non-hydrogen) atoms. The number of nitrogens with one attached hydrogen (secondary N) is 1. The van der Waals surface area contributed by atoms with Gasteiger partial charge in [0.25, 0.3) is 5.69 Å². The van der Waals surface area contributed by atoms with E-state index >= 15 is 0 Å². The Morgan fingerprint density at radius 3 is 2.71 bits per heavy atom. The number of anilines is 2. The average Bonchev–Trinajstić information content (AvgIpc) is 2.46. The molecule has 2 aromatic rings. The highest BCUT2D eigenvalue weighted by atomic mass is 16.6. The van der Waals surface area contributed by atoms with Gasteiger partial charge in [-0.3, -0.25) is 10.1 Å². The Morgan fingerprint density at radius 1 is 1.19 bits per heavy atom. The number of nitrogens with two attached hydrogens (primary N) is 1. The zero-order chi connectivity index (χ0) is 14.8. The molecule has 3 rings (SSSR count). The fraction of sp³-hybridized carbons (Fsp3) is 0.250. The van der Waals surface area contributed by atoms with E-state index in [1.807, 2.05) is 6.07 Å². The smallest absolute Gasteiger partial charge is 0.273 e. The van der Waals surface area contributed by atoms with Crippen molar-refractivity contribution in [3.63, 3.8) is 0 Å². The molecule has 0 radical (unpaired) electrons. The van der Waals surface area contributed by atoms with Crippen molar-refractivity contribution in [1.82, 2.24) is 0 Å². The van der Waals surface area contributed by atoms with Crippen molar-refractivity contribution in [1.29, 1.82) is 0 Å². The van der Waals surface area contributed by atoms with Crippen LogP contribution in [0.3, 0.4) is 0 Å². The summed E-state index contributed by atoms with van der Waals surface area (Å²) in [5.74, 6) is 0. The lowest BCUT2D eigenvalue weighted by molar-refractivity contribution is -0.384. The molecule has 5 nitrogen and oxygen atoms in total. The largest absolute Gasteiger partial charge is 0.398 e. The minimum absolute atomic E-state index is 0.0220. The molecule has 0 bridgehead atoms. The van der Waals surface area contributed by atoms with Crippen molar-refractivity contribution in [2.45, 2.75) is 25.3 Å². The highest BCUT2D eigenvalue weighted by molar-refractivity contribution is 5.62. The van der Waals surface area contributed by atoms with Crippen LogP contribution in [0.5, 0.6) is 0 Å². The summed E-state index contributed by atoms with van der Waals surface area (Å²) in [5, 5.41) is 14.3. The first kappa shape index (κ1) is 13.4. The molecule has 0 spiro atoms. The van der Waals surface area contributed by atoms with Gasteiger partial charge in [0.1, 0.15) is 0 Å². The lowest BCUT2D eigenvalue weighted by Crippen LogP contribution is -2.27. The molecule has 0 fully saturated rings. The van der Waals surface area contributed by atoms with Crippen molar-refractivity contribution >= 4 is 17.1 Å². The van der Waals surface area contributed by atoms with Gasteiger partial charge in [0.05, 0.1) is 4.92 Å². The van der Waals surface area contributed by atoms with Gasteiger partial charge in [0, 0.05) is 29.5 Å². The van der Waals surface area contributed by atoms with Crippen LogP contribution in [0.1, 0.15) is 17.5 Å². The Kier molecular flexibility index (Phi) is 3.48. The molecule has 1 unspecified atom stereocenters. The van der Waals surface area contributed by atoms with E-state index in [-0.39, 0.29) is 11.7 Å². The number of nitro benzene ring substituents is 1. The van der Waals surface area contributed by atoms with Crippen molar-refractivity contribution in [2.24, 2.45) is 0 Å². The van der Waals surface area contributed by atoms with Crippen LogP contribution in [0.25, 0.3) is 0 Å². The summed E-state index contributed by atoms with van der Waals surface area (Å²) in [6.07, 6.45) is 2.97. The van der Waals surface area contributed by atoms with Crippen LogP contribution >= 0.6 is 0 Å². The average molecular weight is 283 g/mol. The highest BCUT2D eigenvalue weighted by Crippen LogP contribution is 2.27. The summed E-state index contributed by atoms with van der Waals surface area (Å²) in [4.78, 5) is 10.5. The van der Waals surface area contributed by atoms with Gasteiger partial charge in [-0.2, -0.15) is 0 Å². The quantitative estimate of drug-likeness (QED) is 0.515. The maximum absolute atomic E-state index is 10.9. The minimum atomic E-state index is -0.419. The predicted molar refractivity (Wildman–Crippen MR) is 83.4 cm³/mol. The van der Waals surface area contributed by atoms with Crippen LogP contribution in [0.4, 0.5) is 17.1 Å². The molecule has 0 amide bonds. The zero-order valence-corrected chi connectivity index (χ0v) is 11.6. The Labute approximate surface area is 122 Å². The van der Waals surface area contributed by atoms with Crippen molar-refractivity contribution in [2.75, 3.05) is 11.1 Å². The maximum atomic E-state index is 10.9. The van der Waals surface area contributed by atoms with Crippen molar-refractivity contribution < 1.29 is 4.92 Å². The SMILES string of the molecule is Nc1cc(NC2CCc3ccccc3C2)cc([N+](=O)[O-])c1. The summed E-state index contributed by atoms with van der Waals surface area (Å²) >= 11 is 0. The van der Waals surface area contributed by atoms with E-state index in [1.54, 1.807) is 6.07 Å². The van der Waals surface area contributed by atoms with E-state index in [2.05, 4.69) is 23.5 Å². The van der Waals surface area contributed by atoms with Gasteiger partial charge in [0.15, 0.2) is 0 Å². The third kappa shape index (κ3) is 2.97. The lowest BCUT2D eigenvalue weighted by Gasteiger charge is -2.26. The molecule has 1 aliphatic carbocycles. The third-order valence-corrected chi connectivity index (χ3v) is 3.87. The van der Waals surface area contributed by atoms with Gasteiger partial charge >= 0.3 is 0 Å². The highest BCUT2D eigenvalue weighted by Gasteiger charge is 2.19. The summed E-state index contributed by atoms with van der Waals surface area (Å²) < 4.78 is 0. The summed E-state index contributed by atoms with van der Waals surface area (Å²) in [6, 6.07) is 13.4. The lowest BCUT2D eigenvalue weighted by atomic mass is 9.88. The second-order valence-electron chi connectivity index (χ2n) is 5.42. The second-order valence-corrected chi connectivity index (χ2v) is 5.42. The molecule has 0 saturated carbocycles. The fourth-order valence-electron chi connectivity index (χ4n) is 2.88. The topological polar surface area (TPSA) is 81.2 Å². The molecule has 3 N–H and O–H groups in total. The van der Waals surface area contributed by atoms with Crippen molar-refractivity contribution in [3.05, 3.63) is 63.7 Å². The fourth-order valence-corrected chi connectivity index (χ4v) is 2.88. The molecule has 1 atom stereocenters. The summed E-state index contributed by atoms with van der Waals surface area (Å²) in [6.45, 7) is 0. The monoisotopic (exact) mass is 283 g/mol. The first-order valence-electron chi connectivity index (χ1n) is 7.00. The number of hydrogen-bond acceptors (Lipinski definition) is 4. The Morgan fingerprint density at radius 2 is 1.95 bits per heavy atom. The van der Waals surface area contributed by atoms with Crippen LogP contribution in [-0.4, -0.2) is 11.0 Å². The Balaban J connectivity index is 1.78. The van der Waals surface area contributed by atoms with Crippen LogP contribution in [-0.2, 0) is 12.8 Å². The number of hydrogen-bond donors (Lipinski definition) is 2. The standard InChI is InChI=1S/C16H17N3O2/c17-13-8-15(10-16(9-13)19(20)21)18-14-6-5-11-3-1-2-4-12(11)7-14/h1-4,8-10,14,18H,5-7,17H2. The molecule has 0 saturated heterocycles. The number of non-ortho nitro benzene ring substituents is 1. The van der Waals surface area contributed by atoms with Gasteiger partial charge in [-0.25, -0.2) is 0 Å². The first-order chi connectivity index (χ1) is 10.1. The van der Waals surface area contributed by atoms with Crippen LogP contribution in [0.2, 0.25) is 0 Å². The molecular weight excluding hydrogens is 266 g/mol. The van der Waals surface area contributed by atoms with E-state index in [0.29, 0.717) is 11.4 Å². The molecule has 0 aliphatic heterocycles. The number of fused-ring (bicyclic) bond motifs is 1. The number of aryl methyl sites for hydroxylation is 1. The van der Waals surface area contributed by atoms with Gasteiger partial charge in [-0.1, -0.05) is 24.3 Å². The Bertz CT molecular complexity index is 685. The second kappa shape index (κ2) is 5.44. The van der Waals surface area contributed by atoms with Gasteiger partial charge in [-0.15, -0.1) is 0 Å². The van der Waals surface area contributed by atoms with E-state index in [1.165, 1.54) is 23.3 Å². The predicted octanol–water partition coefficient (Wildman–Crippen LogP) is 3.15.